The first-order valence-electron chi connectivity index (χ1n) is 8.34. The molecule has 3 rings (SSSR count). The molecule has 0 unspecified atom stereocenters. The summed E-state index contributed by atoms with van der Waals surface area (Å²) in [6.07, 6.45) is 1.84. The number of anilines is 2. The number of carbonyl (C=O) groups is 1. The van der Waals surface area contributed by atoms with Gasteiger partial charge in [0.25, 0.3) is 10.0 Å². The molecule has 1 amide bonds. The number of carbonyl (C=O) groups excluding carboxylic acids is 1. The molecule has 1 aromatic carbocycles. The van der Waals surface area contributed by atoms with Crippen molar-refractivity contribution < 1.29 is 13.2 Å². The Morgan fingerprint density at radius 3 is 2.41 bits per heavy atom. The highest BCUT2D eigenvalue weighted by atomic mass is 35.5. The van der Waals surface area contributed by atoms with Crippen LogP contribution < -0.4 is 10.0 Å². The standard InChI is InChI=1S/C17H16Cl2N6O3S/c1-11-14(18)10-25(23-11)9-8-17(26)20-12-2-4-13(5-3-12)29(27,28)24-16-7-6-15(19)21-22-16/h2-7,10H,8-9H2,1H3,(H,20,26)(H,22,24). The van der Waals surface area contributed by atoms with Gasteiger partial charge in [-0.1, -0.05) is 23.2 Å². The van der Waals surface area contributed by atoms with Gasteiger partial charge in [0.05, 0.1) is 15.6 Å². The summed E-state index contributed by atoms with van der Waals surface area (Å²) in [5, 5.41) is 14.8. The summed E-state index contributed by atoms with van der Waals surface area (Å²) in [4.78, 5) is 12.1. The molecule has 0 aliphatic carbocycles. The Labute approximate surface area is 177 Å². The number of aromatic nitrogens is 4. The molecule has 0 atom stereocenters. The van der Waals surface area contributed by atoms with Gasteiger partial charge in [0.1, 0.15) is 0 Å². The number of amides is 1. The molecular formula is C17H16Cl2N6O3S. The first-order chi connectivity index (χ1) is 13.7. The number of rotatable bonds is 7. The summed E-state index contributed by atoms with van der Waals surface area (Å²) in [7, 11) is -3.85. The van der Waals surface area contributed by atoms with E-state index in [1.165, 1.54) is 36.4 Å². The average molecular weight is 455 g/mol. The van der Waals surface area contributed by atoms with Crippen LogP contribution in [0.4, 0.5) is 11.5 Å². The fourth-order valence-electron chi connectivity index (χ4n) is 2.33. The molecule has 0 saturated carbocycles. The van der Waals surface area contributed by atoms with E-state index in [4.69, 9.17) is 23.2 Å². The van der Waals surface area contributed by atoms with Crippen LogP contribution in [-0.4, -0.2) is 34.3 Å². The van der Waals surface area contributed by atoms with Crippen molar-refractivity contribution in [1.82, 2.24) is 20.0 Å². The number of sulfonamides is 1. The normalized spacial score (nSPS) is 11.3. The number of nitrogens with zero attached hydrogens (tertiary/aromatic N) is 4. The fraction of sp³-hybridized carbons (Fsp3) is 0.176. The Kier molecular flexibility index (Phi) is 6.36. The monoisotopic (exact) mass is 454 g/mol. The van der Waals surface area contributed by atoms with E-state index in [2.05, 4.69) is 25.3 Å². The molecule has 2 N–H and O–H groups in total. The van der Waals surface area contributed by atoms with Crippen molar-refractivity contribution in [1.29, 1.82) is 0 Å². The molecule has 9 nitrogen and oxygen atoms in total. The minimum absolute atomic E-state index is 0.00825. The van der Waals surface area contributed by atoms with Gasteiger partial charge in [0.2, 0.25) is 5.91 Å². The Morgan fingerprint density at radius 2 is 1.83 bits per heavy atom. The van der Waals surface area contributed by atoms with Crippen LogP contribution in [0.15, 0.2) is 47.5 Å². The Balaban J connectivity index is 1.58. The lowest BCUT2D eigenvalue weighted by Gasteiger charge is -2.09. The zero-order valence-corrected chi connectivity index (χ0v) is 17.5. The van der Waals surface area contributed by atoms with Gasteiger partial charge >= 0.3 is 0 Å². The van der Waals surface area contributed by atoms with Crippen molar-refractivity contribution in [3.8, 4) is 0 Å². The summed E-state index contributed by atoms with van der Waals surface area (Å²) < 4.78 is 28.7. The molecule has 0 radical (unpaired) electrons. The highest BCUT2D eigenvalue weighted by molar-refractivity contribution is 7.92. The Hall–Kier alpha value is -2.69. The summed E-state index contributed by atoms with van der Waals surface area (Å²) in [6, 6.07) is 8.55. The maximum atomic E-state index is 12.4. The molecule has 0 bridgehead atoms. The summed E-state index contributed by atoms with van der Waals surface area (Å²) in [5.41, 5.74) is 1.16. The fourth-order valence-corrected chi connectivity index (χ4v) is 3.58. The number of halogens is 2. The van der Waals surface area contributed by atoms with E-state index in [9.17, 15) is 13.2 Å². The molecule has 2 aromatic heterocycles. The number of hydrogen-bond acceptors (Lipinski definition) is 6. The number of benzene rings is 1. The predicted molar refractivity (Wildman–Crippen MR) is 110 cm³/mol. The maximum Gasteiger partial charge on any atom is 0.263 e. The molecule has 0 fully saturated rings. The van der Waals surface area contributed by atoms with E-state index < -0.39 is 10.0 Å². The third-order valence-electron chi connectivity index (χ3n) is 3.77. The van der Waals surface area contributed by atoms with Gasteiger partial charge in [-0.3, -0.25) is 14.2 Å². The van der Waals surface area contributed by atoms with Crippen molar-refractivity contribution in [2.45, 2.75) is 24.8 Å². The van der Waals surface area contributed by atoms with Crippen LogP contribution in [0, 0.1) is 6.92 Å². The van der Waals surface area contributed by atoms with Gasteiger partial charge in [0.15, 0.2) is 11.0 Å². The van der Waals surface area contributed by atoms with E-state index in [-0.39, 0.29) is 28.2 Å². The van der Waals surface area contributed by atoms with Crippen molar-refractivity contribution in [3.63, 3.8) is 0 Å². The van der Waals surface area contributed by atoms with Crippen molar-refractivity contribution >= 4 is 50.6 Å². The quantitative estimate of drug-likeness (QED) is 0.565. The highest BCUT2D eigenvalue weighted by Crippen LogP contribution is 2.18. The van der Waals surface area contributed by atoms with Crippen LogP contribution in [-0.2, 0) is 21.4 Å². The third-order valence-corrected chi connectivity index (χ3v) is 5.72. The topological polar surface area (TPSA) is 119 Å². The molecule has 0 aliphatic heterocycles. The second-order valence-electron chi connectivity index (χ2n) is 5.99. The highest BCUT2D eigenvalue weighted by Gasteiger charge is 2.15. The zero-order chi connectivity index (χ0) is 21.0. The second kappa shape index (κ2) is 8.76. The van der Waals surface area contributed by atoms with Crippen LogP contribution >= 0.6 is 23.2 Å². The molecule has 152 valence electrons. The van der Waals surface area contributed by atoms with E-state index in [0.29, 0.717) is 22.9 Å². The lowest BCUT2D eigenvalue weighted by molar-refractivity contribution is -0.116. The van der Waals surface area contributed by atoms with Gasteiger partial charge in [0, 0.05) is 24.8 Å². The summed E-state index contributed by atoms with van der Waals surface area (Å²) >= 11 is 11.6. The number of aryl methyl sites for hydroxylation is 2. The average Bonchev–Trinajstić information content (AvgIpc) is 3.00. The molecule has 0 spiro atoms. The number of nitrogens with one attached hydrogen (secondary N) is 2. The van der Waals surface area contributed by atoms with Gasteiger partial charge in [-0.25, -0.2) is 8.42 Å². The van der Waals surface area contributed by atoms with Crippen LogP contribution in [0.5, 0.6) is 0 Å². The van der Waals surface area contributed by atoms with Gasteiger partial charge in [-0.2, -0.15) is 5.10 Å². The molecule has 2 heterocycles. The van der Waals surface area contributed by atoms with E-state index >= 15 is 0 Å². The van der Waals surface area contributed by atoms with Crippen LogP contribution in [0.2, 0.25) is 10.2 Å². The Morgan fingerprint density at radius 1 is 1.10 bits per heavy atom. The van der Waals surface area contributed by atoms with Crippen LogP contribution in [0.25, 0.3) is 0 Å². The summed E-state index contributed by atoms with van der Waals surface area (Å²) in [6.45, 7) is 2.15. The zero-order valence-electron chi connectivity index (χ0n) is 15.1. The van der Waals surface area contributed by atoms with Crippen molar-refractivity contribution in [2.75, 3.05) is 10.0 Å². The maximum absolute atomic E-state index is 12.4. The molecule has 12 heteroatoms. The lowest BCUT2D eigenvalue weighted by Crippen LogP contribution is -2.16. The molecule has 3 aromatic rings. The largest absolute Gasteiger partial charge is 0.326 e. The van der Waals surface area contributed by atoms with Gasteiger partial charge < -0.3 is 5.32 Å². The predicted octanol–water partition coefficient (Wildman–Crippen LogP) is 3.12. The van der Waals surface area contributed by atoms with E-state index in [1.807, 2.05) is 0 Å². The van der Waals surface area contributed by atoms with E-state index in [0.717, 1.165) is 0 Å². The number of hydrogen-bond donors (Lipinski definition) is 2. The lowest BCUT2D eigenvalue weighted by atomic mass is 10.3. The molecule has 0 saturated heterocycles. The first-order valence-corrected chi connectivity index (χ1v) is 10.6. The first kappa shape index (κ1) is 21.0. The molecular weight excluding hydrogens is 439 g/mol. The van der Waals surface area contributed by atoms with Gasteiger partial charge in [-0.15, -0.1) is 10.2 Å². The smallest absolute Gasteiger partial charge is 0.263 e. The van der Waals surface area contributed by atoms with Crippen molar-refractivity contribution in [2.24, 2.45) is 0 Å². The minimum Gasteiger partial charge on any atom is -0.326 e. The Bertz CT molecular complexity index is 1100. The van der Waals surface area contributed by atoms with Crippen LogP contribution in [0.3, 0.4) is 0 Å². The van der Waals surface area contributed by atoms with Crippen LogP contribution in [0.1, 0.15) is 12.1 Å². The van der Waals surface area contributed by atoms with Gasteiger partial charge in [-0.05, 0) is 43.3 Å². The third kappa shape index (κ3) is 5.66. The SMILES string of the molecule is Cc1nn(CCC(=O)Nc2ccc(S(=O)(=O)Nc3ccc(Cl)nn3)cc2)cc1Cl. The second-order valence-corrected chi connectivity index (χ2v) is 8.47. The molecule has 0 aliphatic rings. The summed E-state index contributed by atoms with van der Waals surface area (Å²) in [5.74, 6) is -0.194. The minimum atomic E-state index is -3.85. The van der Waals surface area contributed by atoms with E-state index in [1.54, 1.807) is 17.8 Å². The molecule has 29 heavy (non-hydrogen) atoms. The van der Waals surface area contributed by atoms with Crippen molar-refractivity contribution in [3.05, 3.63) is 58.5 Å².